The minimum absolute atomic E-state index is 0.220. The van der Waals surface area contributed by atoms with E-state index in [1.807, 2.05) is 84.9 Å². The second-order valence-electron chi connectivity index (χ2n) is 9.58. The Kier molecular flexibility index (Phi) is 8.22. The van der Waals surface area contributed by atoms with Crippen molar-refractivity contribution >= 4 is 17.5 Å². The van der Waals surface area contributed by atoms with Crippen LogP contribution >= 0.6 is 0 Å². The lowest BCUT2D eigenvalue weighted by molar-refractivity contribution is -0.121. The predicted octanol–water partition coefficient (Wildman–Crippen LogP) is 6.86. The molecule has 0 aromatic heterocycles. The van der Waals surface area contributed by atoms with Gasteiger partial charge in [-0.15, -0.1) is 0 Å². The number of nitrogens with one attached hydrogen (secondary N) is 1. The molecule has 0 fully saturated rings. The van der Waals surface area contributed by atoms with Gasteiger partial charge in [0.15, 0.2) is 0 Å². The molecule has 39 heavy (non-hydrogen) atoms. The second kappa shape index (κ2) is 12.3. The molecular weight excluding hydrogens is 488 g/mol. The molecule has 0 bridgehead atoms. The van der Waals surface area contributed by atoms with Crippen LogP contribution in [0, 0.1) is 0 Å². The molecule has 1 heterocycles. The predicted molar refractivity (Wildman–Crippen MR) is 152 cm³/mol. The minimum atomic E-state index is -0.661. The number of hydrogen-bond donors (Lipinski definition) is 1. The van der Waals surface area contributed by atoms with Gasteiger partial charge in [-0.3, -0.25) is 9.59 Å². The molecule has 2 amide bonds. The van der Waals surface area contributed by atoms with Gasteiger partial charge in [0.05, 0.1) is 6.61 Å². The number of benzene rings is 4. The molecular formula is C33H32N2O4. The van der Waals surface area contributed by atoms with Gasteiger partial charge in [-0.05, 0) is 72.1 Å². The van der Waals surface area contributed by atoms with Crippen molar-refractivity contribution in [2.24, 2.45) is 0 Å². The standard InChI is InChI=1S/C33H32N2O4/c1-2-3-20-38-28-18-16-27(17-19-28)34-32(36)31-22-24-10-7-8-11-26(24)23-35(31)33(37)25-12-9-15-30(21-25)39-29-13-5-4-6-14-29/h4-19,21,31H,2-3,20,22-23H2,1H3,(H,34,36)/t31-/m1/s1. The number of amides is 2. The van der Waals surface area contributed by atoms with Gasteiger partial charge in [0.25, 0.3) is 5.91 Å². The SMILES string of the molecule is CCCCOc1ccc(NC(=O)[C@H]2Cc3ccccc3CN2C(=O)c2cccc(Oc3ccccc3)c2)cc1. The number of nitrogens with zero attached hydrogens (tertiary/aromatic N) is 1. The van der Waals surface area contributed by atoms with Gasteiger partial charge < -0.3 is 19.7 Å². The van der Waals surface area contributed by atoms with Gasteiger partial charge in [-0.1, -0.05) is 61.9 Å². The van der Waals surface area contributed by atoms with Crippen LogP contribution in [0.3, 0.4) is 0 Å². The van der Waals surface area contributed by atoms with Crippen molar-refractivity contribution in [3.05, 3.63) is 120 Å². The van der Waals surface area contributed by atoms with Gasteiger partial charge in [0, 0.05) is 24.2 Å². The van der Waals surface area contributed by atoms with Crippen LogP contribution in [0.4, 0.5) is 5.69 Å². The summed E-state index contributed by atoms with van der Waals surface area (Å²) in [5.74, 6) is 1.57. The van der Waals surface area contributed by atoms with Crippen LogP contribution in [-0.2, 0) is 17.8 Å². The maximum Gasteiger partial charge on any atom is 0.254 e. The molecule has 0 saturated carbocycles. The quantitative estimate of drug-likeness (QED) is 0.245. The van der Waals surface area contributed by atoms with E-state index in [2.05, 4.69) is 12.2 Å². The van der Waals surface area contributed by atoms with Gasteiger partial charge in [-0.25, -0.2) is 0 Å². The summed E-state index contributed by atoms with van der Waals surface area (Å²) in [6.45, 7) is 3.13. The molecule has 0 saturated heterocycles. The lowest BCUT2D eigenvalue weighted by atomic mass is 9.92. The molecule has 0 unspecified atom stereocenters. The van der Waals surface area contributed by atoms with Crippen LogP contribution in [0.15, 0.2) is 103 Å². The minimum Gasteiger partial charge on any atom is -0.494 e. The Hall–Kier alpha value is -4.58. The summed E-state index contributed by atoms with van der Waals surface area (Å²) in [7, 11) is 0. The van der Waals surface area contributed by atoms with Crippen molar-refractivity contribution in [3.63, 3.8) is 0 Å². The van der Waals surface area contributed by atoms with E-state index in [4.69, 9.17) is 9.47 Å². The van der Waals surface area contributed by atoms with E-state index in [0.29, 0.717) is 42.3 Å². The third-order valence-corrected chi connectivity index (χ3v) is 6.76. The number of carbonyl (C=O) groups excluding carboxylic acids is 2. The molecule has 5 rings (SSSR count). The van der Waals surface area contributed by atoms with Crippen molar-refractivity contribution in [2.45, 2.75) is 38.8 Å². The van der Waals surface area contributed by atoms with E-state index in [1.54, 1.807) is 23.1 Å². The highest BCUT2D eigenvalue weighted by Gasteiger charge is 2.35. The molecule has 198 valence electrons. The zero-order valence-electron chi connectivity index (χ0n) is 22.0. The van der Waals surface area contributed by atoms with E-state index < -0.39 is 6.04 Å². The Morgan fingerprint density at radius 2 is 1.54 bits per heavy atom. The fourth-order valence-electron chi connectivity index (χ4n) is 4.65. The molecule has 1 aliphatic heterocycles. The number of para-hydroxylation sites is 1. The number of rotatable bonds is 9. The molecule has 4 aromatic carbocycles. The summed E-state index contributed by atoms with van der Waals surface area (Å²) in [6.07, 6.45) is 2.50. The Morgan fingerprint density at radius 1 is 0.821 bits per heavy atom. The fourth-order valence-corrected chi connectivity index (χ4v) is 4.65. The van der Waals surface area contributed by atoms with E-state index in [0.717, 1.165) is 29.7 Å². The number of carbonyl (C=O) groups is 2. The average molecular weight is 521 g/mol. The van der Waals surface area contributed by atoms with E-state index in [1.165, 1.54) is 0 Å². The Bertz CT molecular complexity index is 1420. The van der Waals surface area contributed by atoms with Gasteiger partial charge in [-0.2, -0.15) is 0 Å². The van der Waals surface area contributed by atoms with Crippen molar-refractivity contribution in [1.29, 1.82) is 0 Å². The summed E-state index contributed by atoms with van der Waals surface area (Å²) in [6, 6.07) is 31.2. The highest BCUT2D eigenvalue weighted by Crippen LogP contribution is 2.28. The number of unbranched alkanes of at least 4 members (excludes halogenated alkanes) is 1. The van der Waals surface area contributed by atoms with Crippen LogP contribution in [-0.4, -0.2) is 29.4 Å². The molecule has 6 heteroatoms. The van der Waals surface area contributed by atoms with Crippen molar-refractivity contribution in [2.75, 3.05) is 11.9 Å². The number of ether oxygens (including phenoxy) is 2. The van der Waals surface area contributed by atoms with E-state index >= 15 is 0 Å². The lowest BCUT2D eigenvalue weighted by Gasteiger charge is -2.36. The number of fused-ring (bicyclic) bond motifs is 1. The molecule has 1 atom stereocenters. The monoisotopic (exact) mass is 520 g/mol. The number of anilines is 1. The smallest absolute Gasteiger partial charge is 0.254 e. The Labute approximate surface area is 229 Å². The van der Waals surface area contributed by atoms with Crippen molar-refractivity contribution in [1.82, 2.24) is 4.90 Å². The second-order valence-corrected chi connectivity index (χ2v) is 9.58. The average Bonchev–Trinajstić information content (AvgIpc) is 2.98. The first-order valence-corrected chi connectivity index (χ1v) is 13.3. The first-order chi connectivity index (χ1) is 19.1. The van der Waals surface area contributed by atoms with E-state index in [-0.39, 0.29) is 11.8 Å². The zero-order chi connectivity index (χ0) is 27.0. The topological polar surface area (TPSA) is 67.9 Å². The molecule has 0 spiro atoms. The normalized spacial score (nSPS) is 14.3. The van der Waals surface area contributed by atoms with E-state index in [9.17, 15) is 9.59 Å². The van der Waals surface area contributed by atoms with Crippen LogP contribution < -0.4 is 14.8 Å². The zero-order valence-corrected chi connectivity index (χ0v) is 22.0. The van der Waals surface area contributed by atoms with Crippen molar-refractivity contribution in [3.8, 4) is 17.2 Å². The van der Waals surface area contributed by atoms with Crippen LogP contribution in [0.5, 0.6) is 17.2 Å². The maximum atomic E-state index is 13.8. The Morgan fingerprint density at radius 3 is 2.31 bits per heavy atom. The molecule has 1 N–H and O–H groups in total. The van der Waals surface area contributed by atoms with Gasteiger partial charge in [0.1, 0.15) is 23.3 Å². The van der Waals surface area contributed by atoms with Crippen LogP contribution in [0.25, 0.3) is 0 Å². The molecule has 0 aliphatic carbocycles. The molecule has 0 radical (unpaired) electrons. The lowest BCUT2D eigenvalue weighted by Crippen LogP contribution is -2.50. The van der Waals surface area contributed by atoms with Crippen LogP contribution in [0.2, 0.25) is 0 Å². The summed E-state index contributed by atoms with van der Waals surface area (Å²) in [4.78, 5) is 29.0. The molecule has 6 nitrogen and oxygen atoms in total. The third kappa shape index (κ3) is 6.47. The molecule has 1 aliphatic rings. The van der Waals surface area contributed by atoms with Gasteiger partial charge in [0.2, 0.25) is 5.91 Å². The third-order valence-electron chi connectivity index (χ3n) is 6.76. The van der Waals surface area contributed by atoms with Crippen molar-refractivity contribution < 1.29 is 19.1 Å². The summed E-state index contributed by atoms with van der Waals surface area (Å²) in [5, 5.41) is 3.00. The van der Waals surface area contributed by atoms with Gasteiger partial charge >= 0.3 is 0 Å². The summed E-state index contributed by atoms with van der Waals surface area (Å²) < 4.78 is 11.7. The maximum absolute atomic E-state index is 13.8. The summed E-state index contributed by atoms with van der Waals surface area (Å²) in [5.41, 5.74) is 3.24. The van der Waals surface area contributed by atoms with Crippen LogP contribution in [0.1, 0.15) is 41.3 Å². The molecule has 4 aromatic rings. The number of hydrogen-bond acceptors (Lipinski definition) is 4. The first-order valence-electron chi connectivity index (χ1n) is 13.3. The largest absolute Gasteiger partial charge is 0.494 e. The highest BCUT2D eigenvalue weighted by atomic mass is 16.5. The Balaban J connectivity index is 1.35. The summed E-state index contributed by atoms with van der Waals surface area (Å²) >= 11 is 0. The fraction of sp³-hybridized carbons (Fsp3) is 0.212. The highest BCUT2D eigenvalue weighted by molar-refractivity contribution is 6.01. The first kappa shape index (κ1) is 26.0.